The van der Waals surface area contributed by atoms with Crippen molar-refractivity contribution in [3.05, 3.63) is 51.4 Å². The fourth-order valence-corrected chi connectivity index (χ4v) is 4.76. The van der Waals surface area contributed by atoms with Crippen molar-refractivity contribution in [3.8, 4) is 0 Å². The minimum atomic E-state index is -0.461. The predicted molar refractivity (Wildman–Crippen MR) is 102 cm³/mol. The minimum Gasteiger partial charge on any atom is -0.272 e. The van der Waals surface area contributed by atoms with Gasteiger partial charge in [-0.25, -0.2) is 10.4 Å². The first-order valence-corrected chi connectivity index (χ1v) is 9.63. The van der Waals surface area contributed by atoms with Crippen LogP contribution < -0.4 is 5.43 Å². The monoisotopic (exact) mass is 392 g/mol. The average molecular weight is 392 g/mol. The van der Waals surface area contributed by atoms with Crippen LogP contribution in [0, 0.1) is 10.1 Å². The minimum absolute atomic E-state index is 0.0348. The standard InChI is InChI=1S/C15H12N4O3S3/c1-9(23-15-17-11-4-2-3-5-12(11)25-15)14(20)18-16-8-10-6-7-13(24-10)19(21)22/h2-9H,1H3,(H,18,20). The first-order valence-electron chi connectivity index (χ1n) is 7.12. The first kappa shape index (κ1) is 17.5. The van der Waals surface area contributed by atoms with Crippen LogP contribution in [0.15, 0.2) is 45.8 Å². The van der Waals surface area contributed by atoms with Gasteiger partial charge < -0.3 is 0 Å². The van der Waals surface area contributed by atoms with Crippen LogP contribution in [0.4, 0.5) is 5.00 Å². The Balaban J connectivity index is 1.56. The van der Waals surface area contributed by atoms with Crippen molar-refractivity contribution in [2.24, 2.45) is 5.10 Å². The van der Waals surface area contributed by atoms with Crippen LogP contribution in [0.3, 0.4) is 0 Å². The van der Waals surface area contributed by atoms with Gasteiger partial charge in [0.15, 0.2) is 4.34 Å². The van der Waals surface area contributed by atoms with Gasteiger partial charge in [-0.15, -0.1) is 11.3 Å². The fraction of sp³-hybridized carbons (Fsp3) is 0.133. The number of nitrogens with one attached hydrogen (secondary N) is 1. The SMILES string of the molecule is CC(Sc1nc2ccccc2s1)C(=O)NN=Cc1ccc([N+](=O)[O-])s1. The predicted octanol–water partition coefficient (Wildman–Crippen LogP) is 3.90. The molecule has 2 heterocycles. The van der Waals surface area contributed by atoms with E-state index in [-0.39, 0.29) is 16.2 Å². The van der Waals surface area contributed by atoms with Gasteiger partial charge in [0.05, 0.1) is 31.5 Å². The lowest BCUT2D eigenvalue weighted by molar-refractivity contribution is -0.380. The molecular weight excluding hydrogens is 380 g/mol. The Labute approximate surface area is 154 Å². The van der Waals surface area contributed by atoms with Gasteiger partial charge in [0.2, 0.25) is 0 Å². The number of nitrogens with zero attached hydrogens (tertiary/aromatic N) is 3. The van der Waals surface area contributed by atoms with Gasteiger partial charge in [-0.2, -0.15) is 5.10 Å². The van der Waals surface area contributed by atoms with Gasteiger partial charge >= 0.3 is 5.00 Å². The molecule has 1 amide bonds. The molecule has 0 spiro atoms. The van der Waals surface area contributed by atoms with Gasteiger partial charge in [0.25, 0.3) is 5.91 Å². The molecule has 0 saturated carbocycles. The molecule has 1 aromatic carbocycles. The lowest BCUT2D eigenvalue weighted by Crippen LogP contribution is -2.26. The van der Waals surface area contributed by atoms with Crippen molar-refractivity contribution in [2.45, 2.75) is 16.5 Å². The van der Waals surface area contributed by atoms with Gasteiger partial charge in [-0.3, -0.25) is 14.9 Å². The van der Waals surface area contributed by atoms with Crippen molar-refractivity contribution in [2.75, 3.05) is 0 Å². The third-order valence-electron chi connectivity index (χ3n) is 3.08. The molecule has 0 saturated heterocycles. The number of para-hydroxylation sites is 1. The van der Waals surface area contributed by atoms with E-state index in [0.717, 1.165) is 25.9 Å². The molecule has 128 valence electrons. The number of carbonyl (C=O) groups is 1. The molecule has 1 atom stereocenters. The van der Waals surface area contributed by atoms with Gasteiger partial charge in [0.1, 0.15) is 0 Å². The van der Waals surface area contributed by atoms with E-state index in [1.54, 1.807) is 24.3 Å². The van der Waals surface area contributed by atoms with E-state index in [4.69, 9.17) is 0 Å². The number of thiophene rings is 1. The zero-order valence-corrected chi connectivity index (χ0v) is 15.4. The van der Waals surface area contributed by atoms with Crippen molar-refractivity contribution >= 4 is 61.8 Å². The number of hydrazone groups is 1. The normalized spacial score (nSPS) is 12.5. The smallest absolute Gasteiger partial charge is 0.272 e. The Morgan fingerprint density at radius 2 is 2.16 bits per heavy atom. The van der Waals surface area contributed by atoms with E-state index >= 15 is 0 Å². The molecule has 3 aromatic rings. The number of hydrogen-bond acceptors (Lipinski definition) is 8. The number of hydrogen-bond donors (Lipinski definition) is 1. The summed E-state index contributed by atoms with van der Waals surface area (Å²) in [7, 11) is 0. The Kier molecular flexibility index (Phi) is 5.41. The molecule has 0 radical (unpaired) electrons. The molecule has 7 nitrogen and oxygen atoms in total. The number of benzene rings is 1. The number of rotatable bonds is 6. The maximum absolute atomic E-state index is 12.1. The van der Waals surface area contributed by atoms with Gasteiger partial charge in [0, 0.05) is 6.07 Å². The summed E-state index contributed by atoms with van der Waals surface area (Å²) in [6.45, 7) is 1.78. The molecule has 0 aliphatic heterocycles. The second-order valence-corrected chi connectivity index (χ2v) is 8.59. The third-order valence-corrected chi connectivity index (χ3v) is 6.28. The highest BCUT2D eigenvalue weighted by molar-refractivity contribution is 8.02. The van der Waals surface area contributed by atoms with Gasteiger partial charge in [-0.05, 0) is 25.1 Å². The van der Waals surface area contributed by atoms with Crippen molar-refractivity contribution < 1.29 is 9.72 Å². The molecule has 0 aliphatic carbocycles. The van der Waals surface area contributed by atoms with E-state index in [0.29, 0.717) is 4.88 Å². The summed E-state index contributed by atoms with van der Waals surface area (Å²) < 4.78 is 1.90. The summed E-state index contributed by atoms with van der Waals surface area (Å²) in [5, 5.41) is 14.1. The highest BCUT2D eigenvalue weighted by atomic mass is 32.2. The third kappa shape index (κ3) is 4.41. The molecule has 25 heavy (non-hydrogen) atoms. The molecular formula is C15H12N4O3S3. The van der Waals surface area contributed by atoms with Crippen LogP contribution in [0.2, 0.25) is 0 Å². The Hall–Kier alpha value is -2.30. The van der Waals surface area contributed by atoms with Crippen LogP contribution in [0.1, 0.15) is 11.8 Å². The Bertz CT molecular complexity index is 917. The zero-order chi connectivity index (χ0) is 17.8. The average Bonchev–Trinajstić information content (AvgIpc) is 3.20. The highest BCUT2D eigenvalue weighted by Crippen LogP contribution is 2.31. The number of nitro groups is 1. The maximum Gasteiger partial charge on any atom is 0.324 e. The lowest BCUT2D eigenvalue weighted by atomic mass is 10.3. The molecule has 10 heteroatoms. The van der Waals surface area contributed by atoms with Crippen molar-refractivity contribution in [3.63, 3.8) is 0 Å². The lowest BCUT2D eigenvalue weighted by Gasteiger charge is -2.06. The van der Waals surface area contributed by atoms with E-state index < -0.39 is 4.92 Å². The second-order valence-electron chi connectivity index (χ2n) is 4.87. The van der Waals surface area contributed by atoms with Crippen molar-refractivity contribution in [1.29, 1.82) is 0 Å². The van der Waals surface area contributed by atoms with Gasteiger partial charge in [-0.1, -0.05) is 35.2 Å². The highest BCUT2D eigenvalue weighted by Gasteiger charge is 2.16. The molecule has 2 aromatic heterocycles. The molecule has 1 N–H and O–H groups in total. The summed E-state index contributed by atoms with van der Waals surface area (Å²) in [5.74, 6) is -0.258. The summed E-state index contributed by atoms with van der Waals surface area (Å²) in [5.41, 5.74) is 3.36. The number of aromatic nitrogens is 1. The number of fused-ring (bicyclic) bond motifs is 1. The second kappa shape index (κ2) is 7.72. The number of carbonyl (C=O) groups excluding carboxylic acids is 1. The molecule has 3 rings (SSSR count). The van der Waals surface area contributed by atoms with E-state index in [9.17, 15) is 14.9 Å². The van der Waals surface area contributed by atoms with E-state index in [1.807, 2.05) is 24.3 Å². The molecule has 0 bridgehead atoms. The van der Waals surface area contributed by atoms with E-state index in [1.165, 1.54) is 24.0 Å². The van der Waals surface area contributed by atoms with Crippen LogP contribution in [-0.4, -0.2) is 27.3 Å². The van der Waals surface area contributed by atoms with Crippen LogP contribution in [-0.2, 0) is 4.79 Å². The van der Waals surface area contributed by atoms with Crippen LogP contribution >= 0.6 is 34.4 Å². The number of thiazole rings is 1. The molecule has 0 aliphatic rings. The summed E-state index contributed by atoms with van der Waals surface area (Å²) in [6.07, 6.45) is 1.39. The summed E-state index contributed by atoms with van der Waals surface area (Å²) in [6, 6.07) is 10.8. The molecule has 0 fully saturated rings. The Morgan fingerprint density at radius 1 is 1.36 bits per heavy atom. The first-order chi connectivity index (χ1) is 12.0. The fourth-order valence-electron chi connectivity index (χ4n) is 1.87. The van der Waals surface area contributed by atoms with Crippen LogP contribution in [0.25, 0.3) is 10.2 Å². The quantitative estimate of drug-likeness (QED) is 0.297. The number of thioether (sulfide) groups is 1. The molecule has 1 unspecified atom stereocenters. The zero-order valence-electron chi connectivity index (χ0n) is 12.9. The largest absolute Gasteiger partial charge is 0.324 e. The van der Waals surface area contributed by atoms with E-state index in [2.05, 4.69) is 15.5 Å². The topological polar surface area (TPSA) is 97.5 Å². The van der Waals surface area contributed by atoms with Crippen molar-refractivity contribution in [1.82, 2.24) is 10.4 Å². The summed E-state index contributed by atoms with van der Waals surface area (Å²) in [4.78, 5) is 27.3. The summed E-state index contributed by atoms with van der Waals surface area (Å²) >= 11 is 3.90. The Morgan fingerprint density at radius 3 is 2.88 bits per heavy atom. The maximum atomic E-state index is 12.1. The van der Waals surface area contributed by atoms with Crippen LogP contribution in [0.5, 0.6) is 0 Å². The number of amides is 1.